The van der Waals surface area contributed by atoms with E-state index in [9.17, 15) is 9.18 Å². The molecule has 1 saturated heterocycles. The molecule has 0 N–H and O–H groups in total. The summed E-state index contributed by atoms with van der Waals surface area (Å²) < 4.78 is 29.4. The number of nitrogens with zero attached hydrogens (tertiary/aromatic N) is 3. The van der Waals surface area contributed by atoms with Gasteiger partial charge in [-0.2, -0.15) is 4.98 Å². The van der Waals surface area contributed by atoms with Crippen LogP contribution in [0.3, 0.4) is 0 Å². The fraction of sp³-hybridized carbons (Fsp3) is 0.250. The van der Waals surface area contributed by atoms with Gasteiger partial charge in [-0.05, 0) is 35.9 Å². The van der Waals surface area contributed by atoms with Crippen LogP contribution in [-0.2, 0) is 11.3 Å². The van der Waals surface area contributed by atoms with Crippen LogP contribution in [0.4, 0.5) is 4.39 Å². The normalized spacial score (nSPS) is 17.9. The molecule has 1 fully saturated rings. The van der Waals surface area contributed by atoms with Crippen molar-refractivity contribution in [3.8, 4) is 22.9 Å². The summed E-state index contributed by atoms with van der Waals surface area (Å²) in [6, 6.07) is 9.86. The molecule has 3 heterocycles. The van der Waals surface area contributed by atoms with Gasteiger partial charge in [-0.25, -0.2) is 4.39 Å². The third kappa shape index (κ3) is 3.40. The molecule has 0 aliphatic carbocycles. The van der Waals surface area contributed by atoms with Gasteiger partial charge >= 0.3 is 0 Å². The van der Waals surface area contributed by atoms with Crippen molar-refractivity contribution in [2.45, 2.75) is 18.9 Å². The molecule has 2 aliphatic rings. The topological polar surface area (TPSA) is 77.7 Å². The van der Waals surface area contributed by atoms with E-state index in [1.54, 1.807) is 23.1 Å². The number of amides is 1. The standard InChI is InChI=1S/C20H15ClFN3O4/c21-14-5-11(1-3-15(14)22)8-25-9-13(7-18(25)26)20-23-19(24-29-20)12-2-4-16-17(6-12)28-10-27-16/h1-6,13H,7-10H2. The summed E-state index contributed by atoms with van der Waals surface area (Å²) in [6.07, 6.45) is 0.275. The van der Waals surface area contributed by atoms with Crippen LogP contribution in [0.25, 0.3) is 11.4 Å². The molecular weight excluding hydrogens is 401 g/mol. The summed E-state index contributed by atoms with van der Waals surface area (Å²) in [6.45, 7) is 0.977. The van der Waals surface area contributed by atoms with Crippen molar-refractivity contribution in [1.82, 2.24) is 15.0 Å². The first-order valence-corrected chi connectivity index (χ1v) is 9.40. The Morgan fingerprint density at radius 1 is 1.17 bits per heavy atom. The summed E-state index contributed by atoms with van der Waals surface area (Å²) in [7, 11) is 0. The molecule has 29 heavy (non-hydrogen) atoms. The molecule has 9 heteroatoms. The van der Waals surface area contributed by atoms with E-state index in [1.807, 2.05) is 6.07 Å². The molecule has 1 unspecified atom stereocenters. The van der Waals surface area contributed by atoms with Crippen LogP contribution >= 0.6 is 11.6 Å². The van der Waals surface area contributed by atoms with E-state index in [4.69, 9.17) is 25.6 Å². The molecule has 7 nitrogen and oxygen atoms in total. The highest BCUT2D eigenvalue weighted by Gasteiger charge is 2.34. The number of benzene rings is 2. The molecule has 0 radical (unpaired) electrons. The van der Waals surface area contributed by atoms with Crippen LogP contribution in [0, 0.1) is 5.82 Å². The Bertz CT molecular complexity index is 1100. The number of likely N-dealkylation sites (tertiary alicyclic amines) is 1. The zero-order valence-corrected chi connectivity index (χ0v) is 15.9. The highest BCUT2D eigenvalue weighted by atomic mass is 35.5. The van der Waals surface area contributed by atoms with Gasteiger partial charge < -0.3 is 18.9 Å². The van der Waals surface area contributed by atoms with E-state index >= 15 is 0 Å². The zero-order chi connectivity index (χ0) is 20.0. The first-order valence-electron chi connectivity index (χ1n) is 9.02. The van der Waals surface area contributed by atoms with Crippen LogP contribution in [0.2, 0.25) is 5.02 Å². The molecule has 0 bridgehead atoms. The number of hydrogen-bond donors (Lipinski definition) is 0. The number of carbonyl (C=O) groups excluding carboxylic acids is 1. The number of fused-ring (bicyclic) bond motifs is 1. The van der Waals surface area contributed by atoms with Gasteiger partial charge in [0.2, 0.25) is 24.4 Å². The van der Waals surface area contributed by atoms with Gasteiger partial charge in [-0.1, -0.05) is 22.8 Å². The number of halogens is 2. The van der Waals surface area contributed by atoms with Gasteiger partial charge in [0.05, 0.1) is 10.9 Å². The predicted octanol–water partition coefficient (Wildman–Crippen LogP) is 3.77. The van der Waals surface area contributed by atoms with Gasteiger partial charge in [-0.3, -0.25) is 4.79 Å². The number of carbonyl (C=O) groups is 1. The van der Waals surface area contributed by atoms with Crippen LogP contribution in [-0.4, -0.2) is 34.3 Å². The molecule has 0 saturated carbocycles. The van der Waals surface area contributed by atoms with E-state index in [0.29, 0.717) is 36.3 Å². The van der Waals surface area contributed by atoms with Crippen molar-refractivity contribution in [2.75, 3.05) is 13.3 Å². The minimum absolute atomic E-state index is 0.0294. The van der Waals surface area contributed by atoms with Crippen molar-refractivity contribution in [3.05, 3.63) is 58.7 Å². The van der Waals surface area contributed by atoms with E-state index < -0.39 is 5.82 Å². The van der Waals surface area contributed by atoms with Crippen molar-refractivity contribution >= 4 is 17.5 Å². The minimum atomic E-state index is -0.483. The average molecular weight is 416 g/mol. The second-order valence-electron chi connectivity index (χ2n) is 6.95. The SMILES string of the molecule is O=C1CC(c2nc(-c3ccc4c(c3)OCO4)no2)CN1Cc1ccc(F)c(Cl)c1. The summed E-state index contributed by atoms with van der Waals surface area (Å²) in [5.41, 5.74) is 1.50. The number of hydrogen-bond acceptors (Lipinski definition) is 6. The van der Waals surface area contributed by atoms with Crippen molar-refractivity contribution in [2.24, 2.45) is 0 Å². The van der Waals surface area contributed by atoms with E-state index in [-0.39, 0.29) is 30.1 Å². The van der Waals surface area contributed by atoms with Crippen LogP contribution in [0.1, 0.15) is 23.8 Å². The minimum Gasteiger partial charge on any atom is -0.454 e. The second kappa shape index (κ2) is 7.04. The quantitative estimate of drug-likeness (QED) is 0.645. The lowest BCUT2D eigenvalue weighted by Crippen LogP contribution is -2.24. The van der Waals surface area contributed by atoms with Crippen molar-refractivity contribution in [3.63, 3.8) is 0 Å². The Morgan fingerprint density at radius 3 is 2.90 bits per heavy atom. The van der Waals surface area contributed by atoms with Gasteiger partial charge in [-0.15, -0.1) is 0 Å². The molecule has 2 aliphatic heterocycles. The third-order valence-corrected chi connectivity index (χ3v) is 5.28. The maximum absolute atomic E-state index is 13.3. The van der Waals surface area contributed by atoms with E-state index in [0.717, 1.165) is 11.1 Å². The van der Waals surface area contributed by atoms with Gasteiger partial charge in [0.25, 0.3) is 0 Å². The smallest absolute Gasteiger partial charge is 0.232 e. The molecule has 2 aromatic carbocycles. The maximum atomic E-state index is 13.3. The summed E-state index contributed by atoms with van der Waals surface area (Å²) in [5, 5.41) is 4.08. The molecule has 5 rings (SSSR count). The third-order valence-electron chi connectivity index (χ3n) is 4.99. The highest BCUT2D eigenvalue weighted by molar-refractivity contribution is 6.30. The summed E-state index contributed by atoms with van der Waals surface area (Å²) >= 11 is 5.83. The van der Waals surface area contributed by atoms with Crippen LogP contribution < -0.4 is 9.47 Å². The fourth-order valence-electron chi connectivity index (χ4n) is 3.50. The lowest BCUT2D eigenvalue weighted by molar-refractivity contribution is -0.128. The Kier molecular flexibility index (Phi) is 4.35. The molecule has 1 atom stereocenters. The van der Waals surface area contributed by atoms with Crippen LogP contribution in [0.15, 0.2) is 40.9 Å². The van der Waals surface area contributed by atoms with Crippen LogP contribution in [0.5, 0.6) is 11.5 Å². The number of ether oxygens (including phenoxy) is 2. The maximum Gasteiger partial charge on any atom is 0.232 e. The average Bonchev–Trinajstić information content (AvgIpc) is 3.44. The highest BCUT2D eigenvalue weighted by Crippen LogP contribution is 2.36. The van der Waals surface area contributed by atoms with Gasteiger partial charge in [0.1, 0.15) is 5.82 Å². The number of rotatable bonds is 4. The predicted molar refractivity (Wildman–Crippen MR) is 100 cm³/mol. The molecule has 0 spiro atoms. The van der Waals surface area contributed by atoms with Crippen molar-refractivity contribution < 1.29 is 23.2 Å². The van der Waals surface area contributed by atoms with Gasteiger partial charge in [0.15, 0.2) is 11.5 Å². The molecule has 1 aromatic heterocycles. The molecule has 148 valence electrons. The van der Waals surface area contributed by atoms with Gasteiger partial charge in [0, 0.05) is 25.1 Å². The first-order chi connectivity index (χ1) is 14.1. The van der Waals surface area contributed by atoms with E-state index in [1.165, 1.54) is 12.1 Å². The Hall–Kier alpha value is -3.13. The number of aromatic nitrogens is 2. The first kappa shape index (κ1) is 17.9. The Morgan fingerprint density at radius 2 is 2.03 bits per heavy atom. The Balaban J connectivity index is 1.31. The lowest BCUT2D eigenvalue weighted by atomic mass is 10.1. The zero-order valence-electron chi connectivity index (χ0n) is 15.1. The molecule has 1 amide bonds. The lowest BCUT2D eigenvalue weighted by Gasteiger charge is -2.16. The summed E-state index contributed by atoms with van der Waals surface area (Å²) in [5.74, 6) is 1.43. The molecule has 3 aromatic rings. The summed E-state index contributed by atoms with van der Waals surface area (Å²) in [4.78, 5) is 18.6. The van der Waals surface area contributed by atoms with Crippen molar-refractivity contribution in [1.29, 1.82) is 0 Å². The second-order valence-corrected chi connectivity index (χ2v) is 7.36. The molecular formula is C20H15ClFN3O4. The fourth-order valence-corrected chi connectivity index (χ4v) is 3.71. The largest absolute Gasteiger partial charge is 0.454 e. The Labute approximate surface area is 170 Å². The monoisotopic (exact) mass is 415 g/mol. The van der Waals surface area contributed by atoms with E-state index in [2.05, 4.69) is 10.1 Å².